The van der Waals surface area contributed by atoms with E-state index < -0.39 is 18.4 Å². The Morgan fingerprint density at radius 3 is 2.73 bits per heavy atom. The van der Waals surface area contributed by atoms with Gasteiger partial charge in [0.1, 0.15) is 31.0 Å². The van der Waals surface area contributed by atoms with Crippen LogP contribution in [0.2, 0.25) is 0 Å². The number of rotatable bonds is 10. The fraction of sp³-hybridized carbons (Fsp3) is 0.296. The first-order valence-corrected chi connectivity index (χ1v) is 12.8. The van der Waals surface area contributed by atoms with E-state index in [1.165, 1.54) is 18.7 Å². The lowest BCUT2D eigenvalue weighted by molar-refractivity contribution is 0.0398. The molecule has 3 N–H and O–H groups in total. The number of carbonyl (C=O) groups is 1. The van der Waals surface area contributed by atoms with Crippen molar-refractivity contribution in [3.8, 4) is 5.82 Å². The van der Waals surface area contributed by atoms with Crippen LogP contribution in [0.5, 0.6) is 0 Å². The summed E-state index contributed by atoms with van der Waals surface area (Å²) in [6.07, 6.45) is 2.86. The molecule has 1 aliphatic heterocycles. The molecular formula is C27H29F2N9O2. The van der Waals surface area contributed by atoms with Crippen molar-refractivity contribution in [2.75, 3.05) is 55.3 Å². The van der Waals surface area contributed by atoms with Gasteiger partial charge in [0.2, 0.25) is 5.95 Å². The highest BCUT2D eigenvalue weighted by Crippen LogP contribution is 2.25. The van der Waals surface area contributed by atoms with Crippen LogP contribution in [0.4, 0.5) is 31.9 Å². The fourth-order valence-electron chi connectivity index (χ4n) is 4.24. The van der Waals surface area contributed by atoms with Gasteiger partial charge in [0, 0.05) is 49.2 Å². The van der Waals surface area contributed by atoms with E-state index in [1.54, 1.807) is 22.9 Å². The summed E-state index contributed by atoms with van der Waals surface area (Å²) in [6.45, 7) is 5.97. The van der Waals surface area contributed by atoms with Gasteiger partial charge in [-0.25, -0.2) is 18.7 Å². The molecule has 208 valence electrons. The van der Waals surface area contributed by atoms with Gasteiger partial charge in [-0.2, -0.15) is 14.8 Å². The number of anilines is 4. The molecule has 2 aromatic heterocycles. The maximum Gasteiger partial charge on any atom is 0.255 e. The Hall–Kier alpha value is -4.49. The van der Waals surface area contributed by atoms with Crippen molar-refractivity contribution in [1.29, 1.82) is 0 Å². The van der Waals surface area contributed by atoms with E-state index in [-0.39, 0.29) is 11.1 Å². The van der Waals surface area contributed by atoms with Crippen LogP contribution in [0, 0.1) is 12.7 Å². The molecule has 2 aromatic carbocycles. The molecule has 40 heavy (non-hydrogen) atoms. The number of nitrogens with one attached hydrogen (secondary N) is 3. The van der Waals surface area contributed by atoms with Crippen LogP contribution < -0.4 is 16.0 Å². The van der Waals surface area contributed by atoms with Crippen molar-refractivity contribution in [1.82, 2.24) is 29.6 Å². The number of aromatic nitrogens is 5. The lowest BCUT2D eigenvalue weighted by Gasteiger charge is -2.26. The van der Waals surface area contributed by atoms with E-state index in [9.17, 15) is 13.6 Å². The summed E-state index contributed by atoms with van der Waals surface area (Å²) in [5.41, 5.74) is 2.13. The van der Waals surface area contributed by atoms with Crippen LogP contribution in [-0.4, -0.2) is 74.9 Å². The summed E-state index contributed by atoms with van der Waals surface area (Å²) in [7, 11) is 0. The van der Waals surface area contributed by atoms with Crippen molar-refractivity contribution in [2.24, 2.45) is 0 Å². The molecule has 0 radical (unpaired) electrons. The summed E-state index contributed by atoms with van der Waals surface area (Å²) in [5, 5.41) is 13.6. The number of morpholine rings is 1. The highest BCUT2D eigenvalue weighted by atomic mass is 19.1. The number of hydrogen-bond donors (Lipinski definition) is 3. The fourth-order valence-corrected chi connectivity index (χ4v) is 4.24. The lowest BCUT2D eigenvalue weighted by Crippen LogP contribution is -2.39. The third-order valence-electron chi connectivity index (χ3n) is 6.37. The smallest absolute Gasteiger partial charge is 0.255 e. The van der Waals surface area contributed by atoms with Crippen LogP contribution in [0.15, 0.2) is 55.1 Å². The van der Waals surface area contributed by atoms with Gasteiger partial charge in [0.25, 0.3) is 5.91 Å². The van der Waals surface area contributed by atoms with E-state index >= 15 is 0 Å². The maximum absolute atomic E-state index is 13.8. The Bertz CT molecular complexity index is 1470. The van der Waals surface area contributed by atoms with E-state index in [1.807, 2.05) is 13.0 Å². The molecule has 0 atom stereocenters. The molecule has 0 aliphatic carbocycles. The minimum Gasteiger partial charge on any atom is -0.379 e. The third kappa shape index (κ3) is 6.74. The number of ether oxygens (including phenoxy) is 1. The molecule has 1 aliphatic rings. The number of carbonyl (C=O) groups excluding carboxylic acids is 1. The number of hydrogen-bond acceptors (Lipinski definition) is 9. The number of nitrogens with zero attached hydrogens (tertiary/aromatic N) is 6. The summed E-state index contributed by atoms with van der Waals surface area (Å²) in [6, 6.07) is 10.5. The van der Waals surface area contributed by atoms with Crippen molar-refractivity contribution in [2.45, 2.75) is 13.6 Å². The van der Waals surface area contributed by atoms with Crippen molar-refractivity contribution in [3.63, 3.8) is 0 Å². The SMILES string of the molecule is Cc1ccc(NC(=O)c2cc(F)cc(CF)c2)cc1Nc1ncnn1-c1cc(NCCN2CCOCC2)ncn1. The number of benzene rings is 2. The highest BCUT2D eigenvalue weighted by molar-refractivity contribution is 6.04. The maximum atomic E-state index is 13.8. The van der Waals surface area contributed by atoms with Gasteiger partial charge in [0.05, 0.1) is 13.2 Å². The molecule has 4 aromatic rings. The molecule has 13 heteroatoms. The zero-order valence-corrected chi connectivity index (χ0v) is 21.9. The minimum absolute atomic E-state index is 0.0283. The van der Waals surface area contributed by atoms with Crippen LogP contribution in [0.3, 0.4) is 0 Å². The molecule has 3 heterocycles. The number of alkyl halides is 1. The standard InChI is InChI=1S/C27H29F2N9O2/c1-18-2-3-22(35-26(39)20-10-19(15-28)11-21(29)12-20)13-23(18)36-27-33-17-34-38(27)25-14-24(31-16-32-25)30-4-5-37-6-8-40-9-7-37/h2-3,10-14,16-17H,4-9,15H2,1H3,(H,35,39)(H,30,31,32)(H,33,34,36). The quantitative estimate of drug-likeness (QED) is 0.272. The van der Waals surface area contributed by atoms with Crippen LogP contribution in [-0.2, 0) is 11.4 Å². The first-order valence-electron chi connectivity index (χ1n) is 12.8. The second-order valence-electron chi connectivity index (χ2n) is 9.23. The lowest BCUT2D eigenvalue weighted by atomic mass is 10.1. The van der Waals surface area contributed by atoms with Gasteiger partial charge in [-0.05, 0) is 48.4 Å². The van der Waals surface area contributed by atoms with Gasteiger partial charge in [-0.15, -0.1) is 0 Å². The Labute approximate surface area is 229 Å². The molecular weight excluding hydrogens is 520 g/mol. The van der Waals surface area contributed by atoms with Crippen molar-refractivity contribution < 1.29 is 18.3 Å². The summed E-state index contributed by atoms with van der Waals surface area (Å²) < 4.78 is 33.7. The van der Waals surface area contributed by atoms with E-state index in [0.29, 0.717) is 29.0 Å². The van der Waals surface area contributed by atoms with Crippen LogP contribution >= 0.6 is 0 Å². The Balaban J connectivity index is 1.27. The Morgan fingerprint density at radius 2 is 1.90 bits per heavy atom. The van der Waals surface area contributed by atoms with Gasteiger partial charge in [-0.3, -0.25) is 9.69 Å². The van der Waals surface area contributed by atoms with E-state index in [4.69, 9.17) is 4.74 Å². The predicted molar refractivity (Wildman–Crippen MR) is 146 cm³/mol. The monoisotopic (exact) mass is 549 g/mol. The molecule has 11 nitrogen and oxygen atoms in total. The number of halogens is 2. The second kappa shape index (κ2) is 12.6. The number of amides is 1. The number of aryl methyl sites for hydroxylation is 1. The summed E-state index contributed by atoms with van der Waals surface area (Å²) in [5.74, 6) is 0.352. The average Bonchev–Trinajstić information content (AvgIpc) is 3.43. The molecule has 1 fully saturated rings. The third-order valence-corrected chi connectivity index (χ3v) is 6.37. The summed E-state index contributed by atoms with van der Waals surface area (Å²) >= 11 is 0. The predicted octanol–water partition coefficient (Wildman–Crippen LogP) is 3.71. The first-order chi connectivity index (χ1) is 19.5. The average molecular weight is 550 g/mol. The molecule has 5 rings (SSSR count). The molecule has 0 spiro atoms. The molecule has 0 bridgehead atoms. The van der Waals surface area contributed by atoms with Crippen molar-refractivity contribution in [3.05, 3.63) is 77.6 Å². The minimum atomic E-state index is -0.865. The summed E-state index contributed by atoms with van der Waals surface area (Å²) in [4.78, 5) is 28.0. The Kier molecular flexibility index (Phi) is 8.52. The zero-order valence-electron chi connectivity index (χ0n) is 21.9. The van der Waals surface area contributed by atoms with E-state index in [2.05, 4.69) is 40.9 Å². The molecule has 1 amide bonds. The van der Waals surface area contributed by atoms with Gasteiger partial charge < -0.3 is 20.7 Å². The van der Waals surface area contributed by atoms with Crippen LogP contribution in [0.25, 0.3) is 5.82 Å². The van der Waals surface area contributed by atoms with Crippen LogP contribution in [0.1, 0.15) is 21.5 Å². The first kappa shape index (κ1) is 27.1. The highest BCUT2D eigenvalue weighted by Gasteiger charge is 2.14. The van der Waals surface area contributed by atoms with Gasteiger partial charge in [0.15, 0.2) is 5.82 Å². The molecule has 0 saturated carbocycles. The topological polar surface area (TPSA) is 122 Å². The van der Waals surface area contributed by atoms with Gasteiger partial charge in [-0.1, -0.05) is 6.07 Å². The van der Waals surface area contributed by atoms with Gasteiger partial charge >= 0.3 is 0 Å². The van der Waals surface area contributed by atoms with E-state index in [0.717, 1.165) is 57.1 Å². The molecule has 1 saturated heterocycles. The van der Waals surface area contributed by atoms with Crippen molar-refractivity contribution >= 4 is 29.0 Å². The largest absolute Gasteiger partial charge is 0.379 e. The normalized spacial score (nSPS) is 13.7. The second-order valence-corrected chi connectivity index (χ2v) is 9.23. The molecule has 0 unspecified atom stereocenters. The zero-order chi connectivity index (χ0) is 27.9. The Morgan fingerprint density at radius 1 is 1.05 bits per heavy atom.